The fourth-order valence-corrected chi connectivity index (χ4v) is 5.60. The Morgan fingerprint density at radius 1 is 1.30 bits per heavy atom. The SMILES string of the molecule is CCCCCC[C@@H](C)NC(=O)CSc1nc2sc3c(c2c(=O)[nH]1)CCCC3. The van der Waals surface area contributed by atoms with Gasteiger partial charge in [0.1, 0.15) is 4.83 Å². The van der Waals surface area contributed by atoms with Gasteiger partial charge in [0.15, 0.2) is 5.16 Å². The number of aryl methyl sites for hydroxylation is 2. The molecule has 1 amide bonds. The highest BCUT2D eigenvalue weighted by atomic mass is 32.2. The molecule has 7 heteroatoms. The molecule has 0 unspecified atom stereocenters. The lowest BCUT2D eigenvalue weighted by atomic mass is 9.97. The van der Waals surface area contributed by atoms with Crippen LogP contribution >= 0.6 is 23.1 Å². The summed E-state index contributed by atoms with van der Waals surface area (Å²) in [4.78, 5) is 34.3. The van der Waals surface area contributed by atoms with Crippen molar-refractivity contribution in [1.82, 2.24) is 15.3 Å². The third-order valence-electron chi connectivity index (χ3n) is 5.04. The molecule has 0 radical (unpaired) electrons. The third-order valence-corrected chi connectivity index (χ3v) is 7.10. The maximum absolute atomic E-state index is 12.5. The Bertz CT molecular complexity index is 844. The van der Waals surface area contributed by atoms with E-state index >= 15 is 0 Å². The average molecular weight is 408 g/mol. The van der Waals surface area contributed by atoms with Crippen LogP contribution in [0.2, 0.25) is 0 Å². The Kier molecular flexibility index (Phi) is 7.35. The molecule has 5 nitrogen and oxygen atoms in total. The second kappa shape index (κ2) is 9.73. The first kappa shape index (κ1) is 20.4. The summed E-state index contributed by atoms with van der Waals surface area (Å²) in [6.45, 7) is 4.25. The summed E-state index contributed by atoms with van der Waals surface area (Å²) in [5.74, 6) is 0.273. The van der Waals surface area contributed by atoms with Crippen LogP contribution in [0, 0.1) is 0 Å². The van der Waals surface area contributed by atoms with Gasteiger partial charge in [-0.1, -0.05) is 44.4 Å². The van der Waals surface area contributed by atoms with Crippen LogP contribution in [0.15, 0.2) is 9.95 Å². The fraction of sp³-hybridized carbons (Fsp3) is 0.650. The molecule has 2 aromatic heterocycles. The molecule has 0 saturated heterocycles. The number of carbonyl (C=O) groups excluding carboxylic acids is 1. The number of fused-ring (bicyclic) bond motifs is 3. The lowest BCUT2D eigenvalue weighted by molar-refractivity contribution is -0.119. The van der Waals surface area contributed by atoms with Crippen LogP contribution in [0.1, 0.15) is 69.2 Å². The van der Waals surface area contributed by atoms with Crippen molar-refractivity contribution in [2.24, 2.45) is 0 Å². The van der Waals surface area contributed by atoms with E-state index in [1.165, 1.54) is 47.9 Å². The number of rotatable bonds is 9. The van der Waals surface area contributed by atoms with E-state index < -0.39 is 0 Å². The molecule has 2 aromatic rings. The first-order chi connectivity index (χ1) is 13.1. The molecule has 0 saturated carbocycles. The topological polar surface area (TPSA) is 74.8 Å². The third kappa shape index (κ3) is 5.35. The maximum Gasteiger partial charge on any atom is 0.260 e. The van der Waals surface area contributed by atoms with Gasteiger partial charge in [-0.2, -0.15) is 0 Å². The summed E-state index contributed by atoms with van der Waals surface area (Å²) in [5.41, 5.74) is 1.13. The number of hydrogen-bond donors (Lipinski definition) is 2. The average Bonchev–Trinajstić information content (AvgIpc) is 3.02. The number of hydrogen-bond acceptors (Lipinski definition) is 5. The summed E-state index contributed by atoms with van der Waals surface area (Å²) in [5, 5.41) is 4.35. The molecule has 0 bridgehead atoms. The van der Waals surface area contributed by atoms with E-state index in [0.717, 1.165) is 42.3 Å². The van der Waals surface area contributed by atoms with Crippen molar-refractivity contribution in [2.75, 3.05) is 5.75 Å². The smallest absolute Gasteiger partial charge is 0.260 e. The zero-order chi connectivity index (χ0) is 19.2. The zero-order valence-corrected chi connectivity index (χ0v) is 17.9. The molecule has 0 aliphatic heterocycles. The first-order valence-electron chi connectivity index (χ1n) is 10.0. The van der Waals surface area contributed by atoms with Gasteiger partial charge < -0.3 is 10.3 Å². The van der Waals surface area contributed by atoms with E-state index in [2.05, 4.69) is 29.1 Å². The summed E-state index contributed by atoms with van der Waals surface area (Å²) in [6.07, 6.45) is 10.2. The lowest BCUT2D eigenvalue weighted by Gasteiger charge is -2.13. The molecule has 1 aliphatic carbocycles. The monoisotopic (exact) mass is 407 g/mol. The number of aromatic nitrogens is 2. The van der Waals surface area contributed by atoms with Crippen molar-refractivity contribution in [3.05, 3.63) is 20.8 Å². The van der Waals surface area contributed by atoms with Gasteiger partial charge in [-0.3, -0.25) is 9.59 Å². The lowest BCUT2D eigenvalue weighted by Crippen LogP contribution is -2.33. The Balaban J connectivity index is 1.56. The Morgan fingerprint density at radius 3 is 2.93 bits per heavy atom. The summed E-state index contributed by atoms with van der Waals surface area (Å²) < 4.78 is 0. The number of unbranched alkanes of at least 4 members (excludes halogenated alkanes) is 3. The Morgan fingerprint density at radius 2 is 2.11 bits per heavy atom. The minimum Gasteiger partial charge on any atom is -0.353 e. The zero-order valence-electron chi connectivity index (χ0n) is 16.2. The largest absolute Gasteiger partial charge is 0.353 e. The highest BCUT2D eigenvalue weighted by Gasteiger charge is 2.20. The predicted octanol–water partition coefficient (Wildman–Crippen LogP) is 4.43. The van der Waals surface area contributed by atoms with E-state index in [1.54, 1.807) is 11.3 Å². The summed E-state index contributed by atoms with van der Waals surface area (Å²) in [7, 11) is 0. The van der Waals surface area contributed by atoms with Crippen molar-refractivity contribution in [3.8, 4) is 0 Å². The molecule has 1 atom stereocenters. The van der Waals surface area contributed by atoms with Crippen molar-refractivity contribution in [3.63, 3.8) is 0 Å². The highest BCUT2D eigenvalue weighted by Crippen LogP contribution is 2.34. The molecule has 2 N–H and O–H groups in total. The van der Waals surface area contributed by atoms with Crippen molar-refractivity contribution in [1.29, 1.82) is 0 Å². The minimum atomic E-state index is -0.0633. The molecule has 2 heterocycles. The minimum absolute atomic E-state index is 0.00351. The molecular formula is C20H29N3O2S2. The molecule has 148 valence electrons. The molecule has 3 rings (SSSR count). The molecule has 27 heavy (non-hydrogen) atoms. The van der Waals surface area contributed by atoms with Crippen LogP contribution in [0.5, 0.6) is 0 Å². The van der Waals surface area contributed by atoms with Crippen LogP contribution in [0.4, 0.5) is 0 Å². The number of amides is 1. The molecule has 1 aliphatic rings. The number of H-pyrrole nitrogens is 1. The fourth-order valence-electron chi connectivity index (χ4n) is 3.61. The van der Waals surface area contributed by atoms with Crippen LogP contribution in [-0.4, -0.2) is 27.7 Å². The van der Waals surface area contributed by atoms with E-state index in [9.17, 15) is 9.59 Å². The quantitative estimate of drug-likeness (QED) is 0.366. The second-order valence-electron chi connectivity index (χ2n) is 7.37. The molecular weight excluding hydrogens is 378 g/mol. The number of thioether (sulfide) groups is 1. The molecule has 0 aromatic carbocycles. The van der Waals surface area contributed by atoms with Gasteiger partial charge in [-0.15, -0.1) is 11.3 Å². The van der Waals surface area contributed by atoms with Gasteiger partial charge in [0.2, 0.25) is 5.91 Å². The van der Waals surface area contributed by atoms with Crippen molar-refractivity contribution < 1.29 is 4.79 Å². The van der Waals surface area contributed by atoms with E-state index in [-0.39, 0.29) is 23.3 Å². The number of aromatic amines is 1. The maximum atomic E-state index is 12.5. The summed E-state index contributed by atoms with van der Waals surface area (Å²) >= 11 is 2.95. The van der Waals surface area contributed by atoms with Crippen LogP contribution < -0.4 is 10.9 Å². The van der Waals surface area contributed by atoms with Gasteiger partial charge >= 0.3 is 0 Å². The normalized spacial score (nSPS) is 14.9. The Hall–Kier alpha value is -1.34. The van der Waals surface area contributed by atoms with Gasteiger partial charge in [0, 0.05) is 10.9 Å². The highest BCUT2D eigenvalue weighted by molar-refractivity contribution is 7.99. The first-order valence-corrected chi connectivity index (χ1v) is 11.9. The number of thiophene rings is 1. The van der Waals surface area contributed by atoms with Crippen molar-refractivity contribution in [2.45, 2.75) is 82.8 Å². The Labute approximate surface area is 168 Å². The van der Waals surface area contributed by atoms with Gasteiger partial charge in [-0.05, 0) is 44.6 Å². The van der Waals surface area contributed by atoms with E-state index in [0.29, 0.717) is 5.16 Å². The second-order valence-corrected chi connectivity index (χ2v) is 9.42. The summed E-state index contributed by atoms with van der Waals surface area (Å²) in [6, 6.07) is 0.188. The van der Waals surface area contributed by atoms with Crippen LogP contribution in [0.3, 0.4) is 0 Å². The van der Waals surface area contributed by atoms with E-state index in [1.807, 2.05) is 0 Å². The standard InChI is InChI=1S/C20H29N3O2S2/c1-3-4-5-6-9-13(2)21-16(24)12-26-20-22-18(25)17-14-10-7-8-11-15(14)27-19(17)23-20/h13H,3-12H2,1-2H3,(H,21,24)(H,22,23,25)/t13-/m1/s1. The van der Waals surface area contributed by atoms with E-state index in [4.69, 9.17) is 0 Å². The number of carbonyl (C=O) groups is 1. The van der Waals surface area contributed by atoms with Gasteiger partial charge in [-0.25, -0.2) is 4.98 Å². The predicted molar refractivity (Wildman–Crippen MR) is 114 cm³/mol. The molecule has 0 spiro atoms. The van der Waals surface area contributed by atoms with Crippen LogP contribution in [0.25, 0.3) is 10.2 Å². The van der Waals surface area contributed by atoms with Gasteiger partial charge in [0.05, 0.1) is 11.1 Å². The van der Waals surface area contributed by atoms with Crippen LogP contribution in [-0.2, 0) is 17.6 Å². The molecule has 0 fully saturated rings. The number of nitrogens with zero attached hydrogens (tertiary/aromatic N) is 1. The number of nitrogens with one attached hydrogen (secondary N) is 2. The van der Waals surface area contributed by atoms with Gasteiger partial charge in [0.25, 0.3) is 5.56 Å². The van der Waals surface area contributed by atoms with Crippen molar-refractivity contribution >= 4 is 39.2 Å².